The monoisotopic (exact) mass is 478 g/mol. The van der Waals surface area contributed by atoms with Crippen LogP contribution in [0, 0.1) is 0 Å². The molecule has 0 saturated carbocycles. The summed E-state index contributed by atoms with van der Waals surface area (Å²) in [6.07, 6.45) is 8.37. The summed E-state index contributed by atoms with van der Waals surface area (Å²) in [7, 11) is 1.59. The molecular formula is C25H26N4O2S2. The summed E-state index contributed by atoms with van der Waals surface area (Å²) in [4.78, 5) is 27.9. The van der Waals surface area contributed by atoms with E-state index >= 15 is 0 Å². The van der Waals surface area contributed by atoms with E-state index in [-0.39, 0.29) is 11.7 Å². The molecule has 0 unspecified atom stereocenters. The van der Waals surface area contributed by atoms with E-state index in [9.17, 15) is 4.79 Å². The quantitative estimate of drug-likeness (QED) is 0.267. The van der Waals surface area contributed by atoms with Crippen molar-refractivity contribution >= 4 is 55.1 Å². The third-order valence-electron chi connectivity index (χ3n) is 5.98. The average molecular weight is 479 g/mol. The summed E-state index contributed by atoms with van der Waals surface area (Å²) >= 11 is 3.09. The number of carbonyl (C=O) groups is 1. The van der Waals surface area contributed by atoms with Gasteiger partial charge in [0.1, 0.15) is 21.9 Å². The molecule has 0 saturated heterocycles. The van der Waals surface area contributed by atoms with Crippen molar-refractivity contribution in [2.45, 2.75) is 50.5 Å². The number of para-hydroxylation sites is 2. The molecule has 4 aromatic rings. The molecular weight excluding hydrogens is 452 g/mol. The number of ether oxygens (including phenoxy) is 1. The van der Waals surface area contributed by atoms with E-state index in [1.165, 1.54) is 46.8 Å². The first-order valence-electron chi connectivity index (χ1n) is 11.3. The number of methoxy groups -OCH3 is 1. The van der Waals surface area contributed by atoms with Crippen LogP contribution in [-0.2, 0) is 24.1 Å². The van der Waals surface area contributed by atoms with Gasteiger partial charge >= 0.3 is 0 Å². The standard InChI is InChI=1S/C25H26N4O2S2/c1-3-8-17-15-9-4-5-10-16(15)21-22-23(33-24(21)29-17)25(27-14-26-22)32-13-20(30)28-18-11-6-7-12-19(18)31-2/h6-7,11-12,14H,3-5,8-10,13H2,1-2H3,(H,28,30). The zero-order chi connectivity index (χ0) is 22.8. The Labute approximate surface area is 201 Å². The first-order valence-corrected chi connectivity index (χ1v) is 13.1. The van der Waals surface area contributed by atoms with Crippen LogP contribution in [0.25, 0.3) is 20.4 Å². The Balaban J connectivity index is 1.46. The molecule has 0 atom stereocenters. The van der Waals surface area contributed by atoms with Crippen molar-refractivity contribution in [1.29, 1.82) is 0 Å². The van der Waals surface area contributed by atoms with Crippen molar-refractivity contribution in [3.8, 4) is 5.75 Å². The Kier molecular flexibility index (Phi) is 6.46. The number of nitrogens with one attached hydrogen (secondary N) is 1. The van der Waals surface area contributed by atoms with Crippen LogP contribution in [-0.4, -0.2) is 33.7 Å². The summed E-state index contributed by atoms with van der Waals surface area (Å²) in [5.74, 6) is 0.798. The molecule has 1 aliphatic carbocycles. The van der Waals surface area contributed by atoms with Gasteiger partial charge in [0.15, 0.2) is 0 Å². The Morgan fingerprint density at radius 1 is 1.18 bits per heavy atom. The summed E-state index contributed by atoms with van der Waals surface area (Å²) in [5.41, 5.74) is 5.78. The van der Waals surface area contributed by atoms with Crippen LogP contribution in [0.2, 0.25) is 0 Å². The van der Waals surface area contributed by atoms with Crippen LogP contribution in [0.15, 0.2) is 35.6 Å². The lowest BCUT2D eigenvalue weighted by Crippen LogP contribution is -2.14. The normalized spacial score (nSPS) is 13.3. The fourth-order valence-corrected chi connectivity index (χ4v) is 6.59. The summed E-state index contributed by atoms with van der Waals surface area (Å²) in [6, 6.07) is 7.41. The molecule has 0 fully saturated rings. The van der Waals surface area contributed by atoms with Crippen LogP contribution in [0.4, 0.5) is 5.69 Å². The van der Waals surface area contributed by atoms with E-state index in [2.05, 4.69) is 22.2 Å². The highest BCUT2D eigenvalue weighted by molar-refractivity contribution is 8.00. The maximum Gasteiger partial charge on any atom is 0.234 e. The second-order valence-electron chi connectivity index (χ2n) is 8.15. The molecule has 1 amide bonds. The number of pyridine rings is 1. The predicted octanol–water partition coefficient (Wildman–Crippen LogP) is 5.81. The molecule has 0 aliphatic heterocycles. The third kappa shape index (κ3) is 4.29. The highest BCUT2D eigenvalue weighted by atomic mass is 32.2. The van der Waals surface area contributed by atoms with Crippen LogP contribution in [0.5, 0.6) is 5.75 Å². The number of aryl methyl sites for hydroxylation is 2. The SMILES string of the molecule is CCCc1nc2sc3c(SCC(=O)Nc4ccccc4OC)ncnc3c2c2c1CCCC2. The molecule has 1 aromatic carbocycles. The Morgan fingerprint density at radius 3 is 2.82 bits per heavy atom. The maximum atomic E-state index is 12.6. The molecule has 0 radical (unpaired) electrons. The minimum Gasteiger partial charge on any atom is -0.495 e. The number of thiophene rings is 1. The van der Waals surface area contributed by atoms with Gasteiger partial charge in [-0.2, -0.15) is 0 Å². The smallest absolute Gasteiger partial charge is 0.234 e. The second-order valence-corrected chi connectivity index (χ2v) is 10.1. The van der Waals surface area contributed by atoms with Gasteiger partial charge in [0.2, 0.25) is 5.91 Å². The minimum absolute atomic E-state index is 0.0990. The van der Waals surface area contributed by atoms with E-state index in [4.69, 9.17) is 9.72 Å². The Morgan fingerprint density at radius 2 is 2.00 bits per heavy atom. The van der Waals surface area contributed by atoms with E-state index < -0.39 is 0 Å². The van der Waals surface area contributed by atoms with Gasteiger partial charge in [0.25, 0.3) is 0 Å². The molecule has 0 spiro atoms. The van der Waals surface area contributed by atoms with Crippen molar-refractivity contribution in [2.75, 3.05) is 18.2 Å². The number of benzene rings is 1. The summed E-state index contributed by atoms with van der Waals surface area (Å²) in [6.45, 7) is 2.21. The minimum atomic E-state index is -0.0990. The molecule has 3 heterocycles. The zero-order valence-electron chi connectivity index (χ0n) is 18.8. The fraction of sp³-hybridized carbons (Fsp3) is 0.360. The van der Waals surface area contributed by atoms with Crippen molar-refractivity contribution in [3.05, 3.63) is 47.4 Å². The number of aromatic nitrogens is 3. The lowest BCUT2D eigenvalue weighted by atomic mass is 9.88. The predicted molar refractivity (Wildman–Crippen MR) is 136 cm³/mol. The number of nitrogens with zero attached hydrogens (tertiary/aromatic N) is 3. The Hall–Kier alpha value is -2.71. The van der Waals surface area contributed by atoms with Gasteiger partial charge < -0.3 is 10.1 Å². The van der Waals surface area contributed by atoms with Crippen LogP contribution >= 0.6 is 23.1 Å². The number of rotatable bonds is 7. The van der Waals surface area contributed by atoms with Gasteiger partial charge in [0.05, 0.1) is 28.8 Å². The van der Waals surface area contributed by atoms with Gasteiger partial charge in [-0.25, -0.2) is 15.0 Å². The molecule has 170 valence electrons. The average Bonchev–Trinajstić information content (AvgIpc) is 3.22. The molecule has 5 rings (SSSR count). The first-order chi connectivity index (χ1) is 16.2. The van der Waals surface area contributed by atoms with Gasteiger partial charge in [0, 0.05) is 11.1 Å². The molecule has 3 aromatic heterocycles. The highest BCUT2D eigenvalue weighted by Crippen LogP contribution is 2.41. The Bertz CT molecular complexity index is 1340. The highest BCUT2D eigenvalue weighted by Gasteiger charge is 2.23. The lowest BCUT2D eigenvalue weighted by molar-refractivity contribution is -0.113. The topological polar surface area (TPSA) is 77.0 Å². The van der Waals surface area contributed by atoms with E-state index in [1.54, 1.807) is 24.8 Å². The number of amides is 1. The molecule has 33 heavy (non-hydrogen) atoms. The first kappa shape index (κ1) is 22.1. The van der Waals surface area contributed by atoms with Crippen LogP contribution in [0.1, 0.15) is 43.0 Å². The van der Waals surface area contributed by atoms with Crippen molar-refractivity contribution in [1.82, 2.24) is 15.0 Å². The second kappa shape index (κ2) is 9.65. The van der Waals surface area contributed by atoms with E-state index in [0.717, 1.165) is 45.8 Å². The van der Waals surface area contributed by atoms with Crippen molar-refractivity contribution < 1.29 is 9.53 Å². The fourth-order valence-electron chi connectivity index (χ4n) is 4.53. The molecule has 1 aliphatic rings. The lowest BCUT2D eigenvalue weighted by Gasteiger charge is -2.19. The summed E-state index contributed by atoms with van der Waals surface area (Å²) in [5, 5.41) is 4.97. The molecule has 6 nitrogen and oxygen atoms in total. The zero-order valence-corrected chi connectivity index (χ0v) is 20.4. The maximum absolute atomic E-state index is 12.6. The number of anilines is 1. The van der Waals surface area contributed by atoms with Crippen LogP contribution < -0.4 is 10.1 Å². The summed E-state index contributed by atoms with van der Waals surface area (Å²) < 4.78 is 6.35. The third-order valence-corrected chi connectivity index (χ3v) is 8.18. The number of carbonyl (C=O) groups excluding carboxylic acids is 1. The van der Waals surface area contributed by atoms with Crippen molar-refractivity contribution in [2.24, 2.45) is 0 Å². The van der Waals surface area contributed by atoms with Crippen molar-refractivity contribution in [3.63, 3.8) is 0 Å². The molecule has 8 heteroatoms. The van der Waals surface area contributed by atoms with Gasteiger partial charge in [-0.05, 0) is 55.4 Å². The van der Waals surface area contributed by atoms with Gasteiger partial charge in [-0.15, -0.1) is 11.3 Å². The van der Waals surface area contributed by atoms with E-state index in [1.807, 2.05) is 24.3 Å². The van der Waals surface area contributed by atoms with Gasteiger partial charge in [-0.3, -0.25) is 4.79 Å². The largest absolute Gasteiger partial charge is 0.495 e. The molecule has 0 bridgehead atoms. The molecule has 1 N–H and O–H groups in total. The number of hydrogen-bond donors (Lipinski definition) is 1. The van der Waals surface area contributed by atoms with Gasteiger partial charge in [-0.1, -0.05) is 37.2 Å². The number of fused-ring (bicyclic) bond motifs is 5. The van der Waals surface area contributed by atoms with E-state index in [0.29, 0.717) is 11.4 Å². The van der Waals surface area contributed by atoms with Crippen LogP contribution in [0.3, 0.4) is 0 Å². The number of thioether (sulfide) groups is 1. The number of hydrogen-bond acceptors (Lipinski definition) is 7.